The summed E-state index contributed by atoms with van der Waals surface area (Å²) in [4.78, 5) is 0. The van der Waals surface area contributed by atoms with Gasteiger partial charge in [0.05, 0.1) is 34.2 Å². The molecule has 0 saturated heterocycles. The first-order valence-electron chi connectivity index (χ1n) is 6.60. The fraction of sp³-hybridized carbons (Fsp3) is 0. The Bertz CT molecular complexity index is 728. The normalized spacial score (nSPS) is 12.2. The van der Waals surface area contributed by atoms with Gasteiger partial charge in [0.15, 0.2) is 0 Å². The lowest BCUT2D eigenvalue weighted by Gasteiger charge is -2.19. The third kappa shape index (κ3) is 1.68. The molecule has 20 heavy (non-hydrogen) atoms. The Labute approximate surface area is 132 Å². The number of hydrogen-bond acceptors (Lipinski definition) is 1. The van der Waals surface area contributed by atoms with Gasteiger partial charge in [0, 0.05) is 11.1 Å². The van der Waals surface area contributed by atoms with Crippen LogP contribution < -0.4 is 3.11 Å². The number of halogens is 1. The summed E-state index contributed by atoms with van der Waals surface area (Å²) in [5.41, 5.74) is 7.66. The monoisotopic (exact) mass is 369 g/mol. The maximum Gasteiger partial charge on any atom is 0.0646 e. The van der Waals surface area contributed by atoms with Crippen LogP contribution in [0.3, 0.4) is 0 Å². The summed E-state index contributed by atoms with van der Waals surface area (Å²) < 4.78 is 2.25. The van der Waals surface area contributed by atoms with E-state index in [1.54, 1.807) is 0 Å². The van der Waals surface area contributed by atoms with Gasteiger partial charge in [-0.1, -0.05) is 60.7 Å². The van der Waals surface area contributed by atoms with Crippen LogP contribution in [-0.4, -0.2) is 0 Å². The Balaban J connectivity index is 2.17. The van der Waals surface area contributed by atoms with Crippen LogP contribution in [0, 0.1) is 0 Å². The largest absolute Gasteiger partial charge is 0.282 e. The Morgan fingerprint density at radius 2 is 0.850 bits per heavy atom. The van der Waals surface area contributed by atoms with Crippen LogP contribution in [0.4, 0.5) is 11.4 Å². The van der Waals surface area contributed by atoms with E-state index in [9.17, 15) is 0 Å². The molecule has 3 aromatic rings. The fourth-order valence-electron chi connectivity index (χ4n) is 2.83. The molecule has 1 aliphatic heterocycles. The number of para-hydroxylation sites is 2. The van der Waals surface area contributed by atoms with Gasteiger partial charge in [-0.3, -0.25) is 3.11 Å². The molecular formula is C18H12IN. The number of anilines is 2. The molecule has 3 aromatic carbocycles. The van der Waals surface area contributed by atoms with Gasteiger partial charge in [0.1, 0.15) is 0 Å². The van der Waals surface area contributed by atoms with Crippen molar-refractivity contribution >= 4 is 34.2 Å². The number of hydrogen-bond donors (Lipinski definition) is 0. The molecule has 0 radical (unpaired) electrons. The zero-order chi connectivity index (χ0) is 13.5. The minimum atomic E-state index is 1.24. The van der Waals surface area contributed by atoms with Gasteiger partial charge in [-0.25, -0.2) is 0 Å². The molecule has 0 spiro atoms. The Morgan fingerprint density at radius 3 is 1.30 bits per heavy atom. The topological polar surface area (TPSA) is 3.24 Å². The molecule has 0 aliphatic carbocycles. The van der Waals surface area contributed by atoms with Crippen LogP contribution in [0.25, 0.3) is 22.3 Å². The second-order valence-electron chi connectivity index (χ2n) is 4.86. The molecule has 0 saturated carbocycles. The van der Waals surface area contributed by atoms with E-state index >= 15 is 0 Å². The lowest BCUT2D eigenvalue weighted by Crippen LogP contribution is -2.01. The van der Waals surface area contributed by atoms with E-state index in [4.69, 9.17) is 0 Å². The summed E-state index contributed by atoms with van der Waals surface area (Å²) in [6, 6.07) is 25.8. The zero-order valence-electron chi connectivity index (χ0n) is 10.8. The lowest BCUT2D eigenvalue weighted by molar-refractivity contribution is 1.49. The van der Waals surface area contributed by atoms with Crippen molar-refractivity contribution in [3.8, 4) is 22.3 Å². The van der Waals surface area contributed by atoms with Crippen molar-refractivity contribution in [3.63, 3.8) is 0 Å². The number of fused-ring (bicyclic) bond motifs is 5. The quantitative estimate of drug-likeness (QED) is 0.356. The second kappa shape index (κ2) is 4.63. The van der Waals surface area contributed by atoms with Gasteiger partial charge >= 0.3 is 0 Å². The first kappa shape index (κ1) is 12.0. The minimum Gasteiger partial charge on any atom is -0.282 e. The smallest absolute Gasteiger partial charge is 0.0646 e. The molecule has 0 N–H and O–H groups in total. The highest BCUT2D eigenvalue weighted by Gasteiger charge is 2.22. The molecule has 2 heteroatoms. The van der Waals surface area contributed by atoms with Crippen molar-refractivity contribution in [2.75, 3.05) is 3.11 Å². The predicted octanol–water partition coefficient (Wildman–Crippen LogP) is 5.82. The van der Waals surface area contributed by atoms with Crippen molar-refractivity contribution in [2.24, 2.45) is 0 Å². The molecule has 0 unspecified atom stereocenters. The molecule has 4 rings (SSSR count). The Hall–Kier alpha value is -1.81. The van der Waals surface area contributed by atoms with Crippen LogP contribution in [0.1, 0.15) is 0 Å². The Morgan fingerprint density at radius 1 is 0.500 bits per heavy atom. The standard InChI is InChI=1S/C18H12IN/c19-20-17-11-5-3-9-15(17)13-7-1-2-8-14(13)16-10-4-6-12-18(16)20/h1-12H. The third-order valence-corrected chi connectivity index (χ3v) is 4.78. The van der Waals surface area contributed by atoms with E-state index in [1.165, 1.54) is 33.6 Å². The molecule has 1 aliphatic rings. The van der Waals surface area contributed by atoms with Crippen molar-refractivity contribution in [1.82, 2.24) is 0 Å². The third-order valence-electron chi connectivity index (χ3n) is 3.74. The van der Waals surface area contributed by atoms with Crippen molar-refractivity contribution in [2.45, 2.75) is 0 Å². The maximum atomic E-state index is 2.40. The predicted molar refractivity (Wildman–Crippen MR) is 93.5 cm³/mol. The highest BCUT2D eigenvalue weighted by atomic mass is 127. The molecule has 0 bridgehead atoms. The maximum absolute atomic E-state index is 2.40. The molecule has 0 amide bonds. The molecule has 96 valence electrons. The number of nitrogens with zero attached hydrogens (tertiary/aromatic N) is 1. The van der Waals surface area contributed by atoms with E-state index in [0.717, 1.165) is 0 Å². The van der Waals surface area contributed by atoms with Gasteiger partial charge in [-0.05, 0) is 23.3 Å². The van der Waals surface area contributed by atoms with Crippen LogP contribution in [0.15, 0.2) is 72.8 Å². The minimum absolute atomic E-state index is 1.24. The summed E-state index contributed by atoms with van der Waals surface area (Å²) in [6.45, 7) is 0. The van der Waals surface area contributed by atoms with Gasteiger partial charge < -0.3 is 0 Å². The van der Waals surface area contributed by atoms with Crippen LogP contribution in [0.5, 0.6) is 0 Å². The summed E-state index contributed by atoms with van der Waals surface area (Å²) in [6.07, 6.45) is 0. The van der Waals surface area contributed by atoms with Gasteiger partial charge in [0.2, 0.25) is 0 Å². The van der Waals surface area contributed by atoms with E-state index in [-0.39, 0.29) is 0 Å². The van der Waals surface area contributed by atoms with E-state index in [1.807, 2.05) is 0 Å². The van der Waals surface area contributed by atoms with E-state index < -0.39 is 0 Å². The molecule has 0 aromatic heterocycles. The van der Waals surface area contributed by atoms with Crippen molar-refractivity contribution in [3.05, 3.63) is 72.8 Å². The van der Waals surface area contributed by atoms with Crippen molar-refractivity contribution in [1.29, 1.82) is 0 Å². The fourth-order valence-corrected chi connectivity index (χ4v) is 3.67. The average molecular weight is 369 g/mol. The molecule has 1 heterocycles. The molecular weight excluding hydrogens is 357 g/mol. The Kier molecular flexibility index (Phi) is 2.77. The zero-order valence-corrected chi connectivity index (χ0v) is 12.9. The van der Waals surface area contributed by atoms with E-state index in [2.05, 4.69) is 98.8 Å². The molecule has 0 atom stereocenters. The lowest BCUT2D eigenvalue weighted by atomic mass is 9.95. The first-order valence-corrected chi connectivity index (χ1v) is 7.56. The summed E-state index contributed by atoms with van der Waals surface area (Å²) >= 11 is 2.40. The number of benzene rings is 3. The highest BCUT2D eigenvalue weighted by Crippen LogP contribution is 2.48. The van der Waals surface area contributed by atoms with Gasteiger partial charge in [-0.2, -0.15) is 0 Å². The van der Waals surface area contributed by atoms with Crippen molar-refractivity contribution < 1.29 is 0 Å². The summed E-state index contributed by atoms with van der Waals surface area (Å²) in [7, 11) is 0. The average Bonchev–Trinajstić information content (AvgIpc) is 2.64. The SMILES string of the molecule is IN1c2ccccc2-c2ccccc2-c2ccccc21. The highest BCUT2D eigenvalue weighted by molar-refractivity contribution is 14.1. The van der Waals surface area contributed by atoms with Gasteiger partial charge in [-0.15, -0.1) is 0 Å². The second-order valence-corrected chi connectivity index (χ2v) is 5.83. The first-order chi connectivity index (χ1) is 9.86. The number of rotatable bonds is 0. The van der Waals surface area contributed by atoms with Crippen LogP contribution >= 0.6 is 22.9 Å². The summed E-state index contributed by atoms with van der Waals surface area (Å²) in [5.74, 6) is 0. The molecule has 1 nitrogen and oxygen atoms in total. The van der Waals surface area contributed by atoms with Gasteiger partial charge in [0.25, 0.3) is 0 Å². The van der Waals surface area contributed by atoms with Crippen LogP contribution in [0.2, 0.25) is 0 Å². The van der Waals surface area contributed by atoms with E-state index in [0.29, 0.717) is 0 Å². The summed E-state index contributed by atoms with van der Waals surface area (Å²) in [5, 5.41) is 0. The molecule has 0 fully saturated rings. The van der Waals surface area contributed by atoms with Crippen LogP contribution in [-0.2, 0) is 0 Å².